The molecule has 0 aliphatic rings. The molecule has 3 N–H and O–H groups in total. The second-order valence-electron chi connectivity index (χ2n) is 6.98. The van der Waals surface area contributed by atoms with Crippen molar-refractivity contribution < 1.29 is 0 Å². The van der Waals surface area contributed by atoms with Crippen molar-refractivity contribution in [2.24, 2.45) is 5.73 Å². The van der Waals surface area contributed by atoms with Crippen molar-refractivity contribution in [2.75, 3.05) is 6.54 Å². The van der Waals surface area contributed by atoms with Crippen LogP contribution in [0, 0.1) is 6.92 Å². The highest BCUT2D eigenvalue weighted by atomic mass is 14.9. The van der Waals surface area contributed by atoms with Gasteiger partial charge in [-0.15, -0.1) is 0 Å². The number of nitrogens with two attached hydrogens (primary N) is 1. The zero-order valence-electron chi connectivity index (χ0n) is 12.7. The number of nitrogens with one attached hydrogen (secondary N) is 1. The molecule has 0 saturated carbocycles. The van der Waals surface area contributed by atoms with E-state index in [2.05, 4.69) is 51.2 Å². The van der Waals surface area contributed by atoms with Crippen molar-refractivity contribution in [1.82, 2.24) is 5.32 Å². The normalized spacial score (nSPS) is 12.8. The van der Waals surface area contributed by atoms with Crippen molar-refractivity contribution in [3.8, 4) is 0 Å². The van der Waals surface area contributed by atoms with Gasteiger partial charge in [-0.3, -0.25) is 0 Å². The minimum atomic E-state index is -0.157. The molecule has 0 saturated heterocycles. The summed E-state index contributed by atoms with van der Waals surface area (Å²) in [6, 6.07) is 6.75. The Morgan fingerprint density at radius 2 is 1.72 bits per heavy atom. The maximum absolute atomic E-state index is 5.97. The highest BCUT2D eigenvalue weighted by Crippen LogP contribution is 2.24. The lowest BCUT2D eigenvalue weighted by Crippen LogP contribution is -2.42. The molecule has 0 aromatic heterocycles. The first kappa shape index (κ1) is 15.2. The number of benzene rings is 1. The summed E-state index contributed by atoms with van der Waals surface area (Å²) < 4.78 is 0. The summed E-state index contributed by atoms with van der Waals surface area (Å²) >= 11 is 0. The van der Waals surface area contributed by atoms with Gasteiger partial charge in [-0.25, -0.2) is 0 Å². The third-order valence-electron chi connectivity index (χ3n) is 3.11. The molecular weight excluding hydrogens is 220 g/mol. The maximum Gasteiger partial charge on any atom is 0.0223 e. The minimum Gasteiger partial charge on any atom is -0.324 e. The molecule has 1 aromatic rings. The summed E-state index contributed by atoms with van der Waals surface area (Å²) in [4.78, 5) is 0. The number of hydrogen-bond acceptors (Lipinski definition) is 2. The first-order valence-corrected chi connectivity index (χ1v) is 6.69. The SMILES string of the molecule is Cc1ccc(C(C)(C)C)cc1CNCC(C)(C)N. The molecule has 18 heavy (non-hydrogen) atoms. The highest BCUT2D eigenvalue weighted by Gasteiger charge is 2.15. The predicted molar refractivity (Wildman–Crippen MR) is 79.9 cm³/mol. The Morgan fingerprint density at radius 3 is 2.22 bits per heavy atom. The van der Waals surface area contributed by atoms with Gasteiger partial charge in [-0.05, 0) is 42.9 Å². The summed E-state index contributed by atoms with van der Waals surface area (Å²) in [6.45, 7) is 14.7. The van der Waals surface area contributed by atoms with Crippen LogP contribution in [0.25, 0.3) is 0 Å². The van der Waals surface area contributed by atoms with Crippen LogP contribution in [0.1, 0.15) is 51.3 Å². The van der Waals surface area contributed by atoms with Crippen molar-refractivity contribution in [3.63, 3.8) is 0 Å². The Bertz CT molecular complexity index is 395. The molecule has 1 rings (SSSR count). The Kier molecular flexibility index (Phi) is 4.57. The molecule has 0 fully saturated rings. The van der Waals surface area contributed by atoms with Crippen LogP contribution in [0.3, 0.4) is 0 Å². The number of hydrogen-bond donors (Lipinski definition) is 2. The average Bonchev–Trinajstić information content (AvgIpc) is 2.17. The van der Waals surface area contributed by atoms with E-state index in [1.807, 2.05) is 13.8 Å². The summed E-state index contributed by atoms with van der Waals surface area (Å²) in [5, 5.41) is 3.44. The van der Waals surface area contributed by atoms with Crippen molar-refractivity contribution in [3.05, 3.63) is 34.9 Å². The second-order valence-corrected chi connectivity index (χ2v) is 6.98. The molecule has 0 spiro atoms. The van der Waals surface area contributed by atoms with E-state index < -0.39 is 0 Å². The summed E-state index contributed by atoms with van der Waals surface area (Å²) in [5.74, 6) is 0. The van der Waals surface area contributed by atoms with Gasteiger partial charge in [0, 0.05) is 18.6 Å². The lowest BCUT2D eigenvalue weighted by Gasteiger charge is -2.22. The molecule has 0 unspecified atom stereocenters. The van der Waals surface area contributed by atoms with Crippen LogP contribution in [0.15, 0.2) is 18.2 Å². The zero-order chi connectivity index (χ0) is 14.0. The van der Waals surface area contributed by atoms with Gasteiger partial charge in [0.1, 0.15) is 0 Å². The van der Waals surface area contributed by atoms with Gasteiger partial charge in [-0.2, -0.15) is 0 Å². The summed E-state index contributed by atoms with van der Waals surface area (Å²) in [5.41, 5.74) is 10.1. The Labute approximate surface area is 112 Å². The first-order valence-electron chi connectivity index (χ1n) is 6.69. The molecule has 1 aromatic carbocycles. The molecule has 0 heterocycles. The van der Waals surface area contributed by atoms with E-state index in [-0.39, 0.29) is 11.0 Å². The third-order valence-corrected chi connectivity index (χ3v) is 3.11. The van der Waals surface area contributed by atoms with E-state index >= 15 is 0 Å². The molecule has 0 bridgehead atoms. The van der Waals surface area contributed by atoms with Crippen LogP contribution in [0.2, 0.25) is 0 Å². The van der Waals surface area contributed by atoms with Gasteiger partial charge in [0.05, 0.1) is 0 Å². The predicted octanol–water partition coefficient (Wildman–Crippen LogP) is 3.12. The van der Waals surface area contributed by atoms with E-state index in [1.165, 1.54) is 16.7 Å². The van der Waals surface area contributed by atoms with Gasteiger partial charge in [0.2, 0.25) is 0 Å². The van der Waals surface area contributed by atoms with E-state index in [1.54, 1.807) is 0 Å². The average molecular weight is 248 g/mol. The molecule has 0 atom stereocenters. The fourth-order valence-electron chi connectivity index (χ4n) is 1.85. The van der Waals surface area contributed by atoms with Crippen molar-refractivity contribution in [1.29, 1.82) is 0 Å². The van der Waals surface area contributed by atoms with Crippen molar-refractivity contribution >= 4 is 0 Å². The lowest BCUT2D eigenvalue weighted by atomic mass is 9.85. The molecule has 2 nitrogen and oxygen atoms in total. The molecular formula is C16H28N2. The van der Waals surface area contributed by atoms with Crippen LogP contribution in [0.4, 0.5) is 0 Å². The van der Waals surface area contributed by atoms with E-state index in [9.17, 15) is 0 Å². The van der Waals surface area contributed by atoms with Gasteiger partial charge in [0.15, 0.2) is 0 Å². The highest BCUT2D eigenvalue weighted by molar-refractivity contribution is 5.34. The van der Waals surface area contributed by atoms with E-state index in [4.69, 9.17) is 5.73 Å². The molecule has 0 radical (unpaired) electrons. The molecule has 0 amide bonds. The smallest absolute Gasteiger partial charge is 0.0223 e. The summed E-state index contributed by atoms with van der Waals surface area (Å²) in [6.07, 6.45) is 0. The van der Waals surface area contributed by atoms with Crippen LogP contribution < -0.4 is 11.1 Å². The molecule has 102 valence electrons. The van der Waals surface area contributed by atoms with Gasteiger partial charge < -0.3 is 11.1 Å². The first-order chi connectivity index (χ1) is 8.09. The number of aryl methyl sites for hydroxylation is 1. The van der Waals surface area contributed by atoms with Gasteiger partial charge in [-0.1, -0.05) is 39.0 Å². The van der Waals surface area contributed by atoms with Crippen LogP contribution in [-0.4, -0.2) is 12.1 Å². The Hall–Kier alpha value is -0.860. The fraction of sp³-hybridized carbons (Fsp3) is 0.625. The van der Waals surface area contributed by atoms with E-state index in [0.717, 1.165) is 13.1 Å². The second kappa shape index (κ2) is 5.41. The van der Waals surface area contributed by atoms with Crippen LogP contribution in [-0.2, 0) is 12.0 Å². The topological polar surface area (TPSA) is 38.0 Å². The van der Waals surface area contributed by atoms with Crippen molar-refractivity contribution in [2.45, 2.75) is 59.0 Å². The van der Waals surface area contributed by atoms with E-state index in [0.29, 0.717) is 0 Å². The molecule has 2 heteroatoms. The third kappa shape index (κ3) is 4.79. The molecule has 0 aliphatic heterocycles. The van der Waals surface area contributed by atoms with Gasteiger partial charge in [0.25, 0.3) is 0 Å². The van der Waals surface area contributed by atoms with Crippen LogP contribution >= 0.6 is 0 Å². The Morgan fingerprint density at radius 1 is 1.11 bits per heavy atom. The minimum absolute atomic E-state index is 0.157. The maximum atomic E-state index is 5.97. The zero-order valence-corrected chi connectivity index (χ0v) is 12.7. The number of rotatable bonds is 4. The van der Waals surface area contributed by atoms with Gasteiger partial charge >= 0.3 is 0 Å². The van der Waals surface area contributed by atoms with Crippen LogP contribution in [0.5, 0.6) is 0 Å². The lowest BCUT2D eigenvalue weighted by molar-refractivity contribution is 0.466. The monoisotopic (exact) mass is 248 g/mol. The fourth-order valence-corrected chi connectivity index (χ4v) is 1.85. The Balaban J connectivity index is 2.76. The molecule has 0 aliphatic carbocycles. The standard InChI is InChI=1S/C16H28N2/c1-12-7-8-14(15(2,3)4)9-13(12)10-18-11-16(5,6)17/h7-9,18H,10-11,17H2,1-6H3. The largest absolute Gasteiger partial charge is 0.324 e. The quantitative estimate of drug-likeness (QED) is 0.859. The summed E-state index contributed by atoms with van der Waals surface area (Å²) in [7, 11) is 0.